The van der Waals surface area contributed by atoms with Crippen LogP contribution in [0.4, 0.5) is 0 Å². The zero-order valence-electron chi connectivity index (χ0n) is 15.6. The summed E-state index contributed by atoms with van der Waals surface area (Å²) in [7, 11) is 1.47. The van der Waals surface area contributed by atoms with Crippen LogP contribution in [-0.2, 0) is 4.74 Å². The van der Waals surface area contributed by atoms with Crippen LogP contribution in [0.1, 0.15) is 37.9 Å². The number of hydrogen-bond donors (Lipinski definition) is 0. The number of esters is 1. The lowest BCUT2D eigenvalue weighted by atomic mass is 10.1. The third kappa shape index (κ3) is 3.62. The number of Topliss-reactive ketones (excluding diaryl/α,β-unsaturated/α-hetero) is 1. The molecule has 0 spiro atoms. The average Bonchev–Trinajstić information content (AvgIpc) is 3.21. The molecule has 0 atom stereocenters. The highest BCUT2D eigenvalue weighted by atomic mass is 16.5. The van der Waals surface area contributed by atoms with E-state index in [1.165, 1.54) is 7.11 Å². The van der Waals surface area contributed by atoms with Crippen LogP contribution in [0, 0.1) is 20.8 Å². The molecule has 0 radical (unpaired) electrons. The van der Waals surface area contributed by atoms with E-state index in [1.807, 2.05) is 18.4 Å². The molecule has 0 aliphatic heterocycles. The second kappa shape index (κ2) is 7.49. The monoisotopic (exact) mass is 368 g/mol. The molecule has 3 rings (SSSR count). The number of ketones is 1. The maximum absolute atomic E-state index is 12.6. The van der Waals surface area contributed by atoms with Crippen LogP contribution in [-0.4, -0.2) is 35.2 Å². The van der Waals surface area contributed by atoms with Crippen LogP contribution in [0.5, 0.6) is 5.75 Å². The molecule has 2 heterocycles. The Kier molecular flexibility index (Phi) is 5.12. The summed E-state index contributed by atoms with van der Waals surface area (Å²) in [5.74, 6) is 0.776. The van der Waals surface area contributed by atoms with Crippen molar-refractivity contribution in [3.63, 3.8) is 0 Å². The Balaban J connectivity index is 1.76. The first-order chi connectivity index (χ1) is 12.9. The van der Waals surface area contributed by atoms with Gasteiger partial charge in [-0.1, -0.05) is 17.3 Å². The van der Waals surface area contributed by atoms with Gasteiger partial charge in [0.1, 0.15) is 17.1 Å². The molecule has 7 heteroatoms. The van der Waals surface area contributed by atoms with Gasteiger partial charge in [0.15, 0.2) is 12.4 Å². The van der Waals surface area contributed by atoms with Gasteiger partial charge in [-0.25, -0.2) is 4.79 Å². The maximum Gasteiger partial charge on any atom is 0.342 e. The van der Waals surface area contributed by atoms with Gasteiger partial charge in [0.05, 0.1) is 7.11 Å². The van der Waals surface area contributed by atoms with Gasteiger partial charge in [-0.15, -0.1) is 0 Å². The topological polar surface area (TPSA) is 83.6 Å². The fraction of sp³-hybridized carbons (Fsp3) is 0.250. The van der Waals surface area contributed by atoms with Gasteiger partial charge < -0.3 is 14.0 Å². The van der Waals surface area contributed by atoms with Crippen molar-refractivity contribution >= 4 is 11.8 Å². The Morgan fingerprint density at radius 3 is 2.52 bits per heavy atom. The molecule has 2 aromatic heterocycles. The summed E-state index contributed by atoms with van der Waals surface area (Å²) in [5.41, 5.74) is 2.29. The summed E-state index contributed by atoms with van der Waals surface area (Å²) in [6.45, 7) is 5.12. The lowest BCUT2D eigenvalue weighted by molar-refractivity contribution is 0.0471. The number of aryl methyl sites for hydroxylation is 2. The number of hydrogen-bond acceptors (Lipinski definition) is 6. The van der Waals surface area contributed by atoms with Gasteiger partial charge in [-0.05, 0) is 39.0 Å². The van der Waals surface area contributed by atoms with E-state index in [9.17, 15) is 9.59 Å². The number of carbonyl (C=O) groups is 2. The van der Waals surface area contributed by atoms with E-state index in [2.05, 4.69) is 5.16 Å². The van der Waals surface area contributed by atoms with Crippen LogP contribution >= 0.6 is 0 Å². The predicted octanol–water partition coefficient (Wildman–Crippen LogP) is 3.44. The quantitative estimate of drug-likeness (QED) is 0.490. The molecule has 27 heavy (non-hydrogen) atoms. The van der Waals surface area contributed by atoms with E-state index >= 15 is 0 Å². The fourth-order valence-corrected chi connectivity index (χ4v) is 2.96. The Morgan fingerprint density at radius 1 is 1.11 bits per heavy atom. The van der Waals surface area contributed by atoms with Crippen molar-refractivity contribution in [3.8, 4) is 11.6 Å². The Hall–Kier alpha value is -3.35. The number of aromatic nitrogens is 2. The van der Waals surface area contributed by atoms with Crippen molar-refractivity contribution in [3.05, 3.63) is 64.7 Å². The second-order valence-electron chi connectivity index (χ2n) is 6.12. The summed E-state index contributed by atoms with van der Waals surface area (Å²) < 4.78 is 17.3. The molecule has 0 aliphatic carbocycles. The Labute approximate surface area is 156 Å². The van der Waals surface area contributed by atoms with Crippen molar-refractivity contribution in [1.29, 1.82) is 0 Å². The summed E-state index contributed by atoms with van der Waals surface area (Å²) in [6.07, 6.45) is 0. The number of ether oxygens (including phenoxy) is 2. The van der Waals surface area contributed by atoms with Crippen molar-refractivity contribution < 1.29 is 23.6 Å². The molecule has 0 saturated carbocycles. The maximum atomic E-state index is 12.6. The number of benzene rings is 1. The summed E-state index contributed by atoms with van der Waals surface area (Å²) >= 11 is 0. The van der Waals surface area contributed by atoms with Crippen molar-refractivity contribution in [1.82, 2.24) is 9.72 Å². The third-order valence-electron chi connectivity index (χ3n) is 4.24. The van der Waals surface area contributed by atoms with Gasteiger partial charge >= 0.3 is 5.97 Å². The third-order valence-corrected chi connectivity index (χ3v) is 4.24. The van der Waals surface area contributed by atoms with E-state index in [4.69, 9.17) is 14.0 Å². The van der Waals surface area contributed by atoms with Crippen molar-refractivity contribution in [2.24, 2.45) is 0 Å². The number of para-hydroxylation sites is 1. The molecular formula is C20H20N2O5. The highest BCUT2D eigenvalue weighted by Gasteiger charge is 2.20. The molecule has 0 bridgehead atoms. The van der Waals surface area contributed by atoms with E-state index in [0.717, 1.165) is 5.69 Å². The van der Waals surface area contributed by atoms with Crippen LogP contribution in [0.3, 0.4) is 0 Å². The molecule has 140 valence electrons. The molecule has 7 nitrogen and oxygen atoms in total. The highest BCUT2D eigenvalue weighted by molar-refractivity contribution is 6.01. The van der Waals surface area contributed by atoms with Gasteiger partial charge in [-0.2, -0.15) is 0 Å². The van der Waals surface area contributed by atoms with Gasteiger partial charge in [-0.3, -0.25) is 9.36 Å². The van der Waals surface area contributed by atoms with Crippen LogP contribution in [0.15, 0.2) is 40.9 Å². The van der Waals surface area contributed by atoms with E-state index in [-0.39, 0.29) is 18.0 Å². The molecular weight excluding hydrogens is 348 g/mol. The van der Waals surface area contributed by atoms with Crippen LogP contribution in [0.25, 0.3) is 5.82 Å². The number of methoxy groups -OCH3 is 1. The molecule has 3 aromatic rings. The summed E-state index contributed by atoms with van der Waals surface area (Å²) in [5, 5.41) is 3.99. The van der Waals surface area contributed by atoms with E-state index in [0.29, 0.717) is 28.6 Å². The highest BCUT2D eigenvalue weighted by Crippen LogP contribution is 2.22. The minimum atomic E-state index is -0.610. The lowest BCUT2D eigenvalue weighted by Crippen LogP contribution is -2.15. The summed E-state index contributed by atoms with van der Waals surface area (Å²) in [6, 6.07) is 10.2. The minimum absolute atomic E-state index is 0.274. The molecule has 0 saturated heterocycles. The standard InChI is InChI=1S/C20H20N2O5/c1-12-9-16(14(3)22(12)19-10-13(2)27-21-19)17(23)11-26-20(24)15-7-5-6-8-18(15)25-4/h5-10H,11H2,1-4H3. The predicted molar refractivity (Wildman–Crippen MR) is 97.6 cm³/mol. The smallest absolute Gasteiger partial charge is 0.342 e. The second-order valence-corrected chi connectivity index (χ2v) is 6.12. The number of carbonyl (C=O) groups excluding carboxylic acids is 2. The van der Waals surface area contributed by atoms with Gasteiger partial charge in [0.25, 0.3) is 0 Å². The molecule has 0 unspecified atom stereocenters. The first-order valence-corrected chi connectivity index (χ1v) is 8.38. The molecule has 0 aliphatic rings. The van der Waals surface area contributed by atoms with Crippen molar-refractivity contribution in [2.45, 2.75) is 20.8 Å². The average molecular weight is 368 g/mol. The summed E-state index contributed by atoms with van der Waals surface area (Å²) in [4.78, 5) is 24.9. The SMILES string of the molecule is COc1ccccc1C(=O)OCC(=O)c1cc(C)n(-c2cc(C)on2)c1C. The van der Waals surface area contributed by atoms with Gasteiger partial charge in [0, 0.05) is 23.0 Å². The van der Waals surface area contributed by atoms with Gasteiger partial charge in [0.2, 0.25) is 5.78 Å². The first-order valence-electron chi connectivity index (χ1n) is 8.38. The van der Waals surface area contributed by atoms with E-state index < -0.39 is 5.97 Å². The zero-order valence-corrected chi connectivity index (χ0v) is 15.6. The number of rotatable bonds is 6. The lowest BCUT2D eigenvalue weighted by Gasteiger charge is -2.08. The Bertz CT molecular complexity index is 1000. The molecule has 0 amide bonds. The molecule has 0 fully saturated rings. The first kappa shape index (κ1) is 18.4. The fourth-order valence-electron chi connectivity index (χ4n) is 2.96. The zero-order chi connectivity index (χ0) is 19.6. The number of nitrogens with zero attached hydrogens (tertiary/aromatic N) is 2. The minimum Gasteiger partial charge on any atom is -0.496 e. The van der Waals surface area contributed by atoms with E-state index in [1.54, 1.807) is 43.3 Å². The Morgan fingerprint density at radius 2 is 1.85 bits per heavy atom. The van der Waals surface area contributed by atoms with Crippen LogP contribution < -0.4 is 4.74 Å². The molecule has 1 aromatic carbocycles. The van der Waals surface area contributed by atoms with Crippen LogP contribution in [0.2, 0.25) is 0 Å². The largest absolute Gasteiger partial charge is 0.496 e. The van der Waals surface area contributed by atoms with Crippen molar-refractivity contribution in [2.75, 3.05) is 13.7 Å². The normalized spacial score (nSPS) is 10.7. The molecule has 0 N–H and O–H groups in total.